The first kappa shape index (κ1) is 9.51. The topological polar surface area (TPSA) is 20.2 Å². The summed E-state index contributed by atoms with van der Waals surface area (Å²) in [5, 5.41) is 9.66. The Bertz CT molecular complexity index is 155. The van der Waals surface area contributed by atoms with Gasteiger partial charge in [0.2, 0.25) is 0 Å². The van der Waals surface area contributed by atoms with Crippen LogP contribution in [0.1, 0.15) is 64.2 Å². The minimum absolute atomic E-state index is 0.200. The molecule has 1 N–H and O–H groups in total. The van der Waals surface area contributed by atoms with Gasteiger partial charge in [-0.05, 0) is 25.2 Å². The van der Waals surface area contributed by atoms with Gasteiger partial charge >= 0.3 is 0 Å². The van der Waals surface area contributed by atoms with Gasteiger partial charge in [0.15, 0.2) is 0 Å². The number of aliphatic hydroxyl groups is 1. The Hall–Kier alpha value is -0.0400. The third-order valence-corrected chi connectivity index (χ3v) is 3.81. The van der Waals surface area contributed by atoms with E-state index in [0.29, 0.717) is 0 Å². The van der Waals surface area contributed by atoms with Crippen LogP contribution in [0.15, 0.2) is 0 Å². The highest BCUT2D eigenvalue weighted by atomic mass is 16.3. The second-order valence-corrected chi connectivity index (χ2v) is 5.12. The van der Waals surface area contributed by atoms with Crippen LogP contribution in [0.5, 0.6) is 0 Å². The molecule has 0 aromatic rings. The van der Waals surface area contributed by atoms with Gasteiger partial charge in [0.1, 0.15) is 0 Å². The Morgan fingerprint density at radius 2 is 1.77 bits per heavy atom. The largest absolute Gasteiger partial charge is 0.390 e. The SMILES string of the molecule is OC1(CCCC2CCCCC2)CC1. The lowest BCUT2D eigenvalue weighted by Crippen LogP contribution is -2.10. The molecule has 2 aliphatic rings. The van der Waals surface area contributed by atoms with Crippen LogP contribution in [0.4, 0.5) is 0 Å². The van der Waals surface area contributed by atoms with Crippen molar-refractivity contribution in [3.05, 3.63) is 0 Å². The van der Waals surface area contributed by atoms with Gasteiger partial charge in [0.25, 0.3) is 0 Å². The zero-order chi connectivity index (χ0) is 9.15. The third kappa shape index (κ3) is 2.98. The fourth-order valence-corrected chi connectivity index (χ4v) is 2.59. The Morgan fingerprint density at radius 3 is 2.38 bits per heavy atom. The molecule has 0 aromatic heterocycles. The monoisotopic (exact) mass is 182 g/mol. The summed E-state index contributed by atoms with van der Waals surface area (Å²) >= 11 is 0. The molecule has 2 saturated carbocycles. The maximum absolute atomic E-state index is 9.66. The molecule has 1 nitrogen and oxygen atoms in total. The van der Waals surface area contributed by atoms with Crippen molar-refractivity contribution in [3.8, 4) is 0 Å². The van der Waals surface area contributed by atoms with E-state index in [1.54, 1.807) is 0 Å². The van der Waals surface area contributed by atoms with E-state index in [4.69, 9.17) is 0 Å². The summed E-state index contributed by atoms with van der Waals surface area (Å²) in [4.78, 5) is 0. The average molecular weight is 182 g/mol. The van der Waals surface area contributed by atoms with Crippen molar-refractivity contribution < 1.29 is 5.11 Å². The molecular formula is C12H22O. The van der Waals surface area contributed by atoms with Crippen molar-refractivity contribution >= 4 is 0 Å². The standard InChI is InChI=1S/C12H22O/c13-12(9-10-12)8-4-7-11-5-2-1-3-6-11/h11,13H,1-10H2. The molecule has 0 aliphatic heterocycles. The molecule has 2 fully saturated rings. The second-order valence-electron chi connectivity index (χ2n) is 5.12. The van der Waals surface area contributed by atoms with Crippen LogP contribution < -0.4 is 0 Å². The molecular weight excluding hydrogens is 160 g/mol. The van der Waals surface area contributed by atoms with Crippen LogP contribution in [0.2, 0.25) is 0 Å². The molecule has 0 bridgehead atoms. The van der Waals surface area contributed by atoms with Gasteiger partial charge < -0.3 is 5.11 Å². The van der Waals surface area contributed by atoms with E-state index in [2.05, 4.69) is 0 Å². The Kier molecular flexibility index (Phi) is 2.92. The number of hydrogen-bond acceptors (Lipinski definition) is 1. The molecule has 13 heavy (non-hydrogen) atoms. The molecule has 0 spiro atoms. The molecule has 1 heteroatoms. The quantitative estimate of drug-likeness (QED) is 0.707. The first-order chi connectivity index (χ1) is 6.29. The fraction of sp³-hybridized carbons (Fsp3) is 1.00. The number of hydrogen-bond donors (Lipinski definition) is 1. The van der Waals surface area contributed by atoms with Crippen molar-refractivity contribution in [2.45, 2.75) is 69.8 Å². The summed E-state index contributed by atoms with van der Waals surface area (Å²) in [6, 6.07) is 0. The van der Waals surface area contributed by atoms with Gasteiger partial charge in [-0.1, -0.05) is 44.9 Å². The van der Waals surface area contributed by atoms with Crippen LogP contribution >= 0.6 is 0 Å². The summed E-state index contributed by atoms with van der Waals surface area (Å²) in [7, 11) is 0. The second kappa shape index (κ2) is 4.00. The molecule has 0 unspecified atom stereocenters. The lowest BCUT2D eigenvalue weighted by Gasteiger charge is -2.21. The highest BCUT2D eigenvalue weighted by Crippen LogP contribution is 2.40. The van der Waals surface area contributed by atoms with Gasteiger partial charge in [-0.2, -0.15) is 0 Å². The van der Waals surface area contributed by atoms with E-state index in [-0.39, 0.29) is 5.60 Å². The Balaban J connectivity index is 1.56. The highest BCUT2D eigenvalue weighted by Gasteiger charge is 2.39. The molecule has 0 aromatic carbocycles. The van der Waals surface area contributed by atoms with Crippen LogP contribution in [-0.4, -0.2) is 10.7 Å². The van der Waals surface area contributed by atoms with Crippen molar-refractivity contribution in [1.29, 1.82) is 0 Å². The third-order valence-electron chi connectivity index (χ3n) is 3.81. The van der Waals surface area contributed by atoms with Gasteiger partial charge in [0, 0.05) is 0 Å². The first-order valence-electron chi connectivity index (χ1n) is 6.01. The average Bonchev–Trinajstić information content (AvgIpc) is 2.86. The molecule has 76 valence electrons. The van der Waals surface area contributed by atoms with Crippen molar-refractivity contribution in [3.63, 3.8) is 0 Å². The summed E-state index contributed by atoms with van der Waals surface area (Å²) < 4.78 is 0. The lowest BCUT2D eigenvalue weighted by molar-refractivity contribution is 0.133. The summed E-state index contributed by atoms with van der Waals surface area (Å²) in [6.07, 6.45) is 13.1. The number of rotatable bonds is 4. The zero-order valence-electron chi connectivity index (χ0n) is 8.60. The van der Waals surface area contributed by atoms with E-state index in [9.17, 15) is 5.11 Å². The van der Waals surface area contributed by atoms with Crippen LogP contribution in [0, 0.1) is 5.92 Å². The van der Waals surface area contributed by atoms with Crippen molar-refractivity contribution in [2.24, 2.45) is 5.92 Å². The molecule has 2 aliphatic carbocycles. The minimum Gasteiger partial charge on any atom is -0.390 e. The van der Waals surface area contributed by atoms with E-state index in [1.165, 1.54) is 44.9 Å². The summed E-state index contributed by atoms with van der Waals surface area (Å²) in [6.45, 7) is 0. The molecule has 0 amide bonds. The lowest BCUT2D eigenvalue weighted by atomic mass is 9.85. The minimum atomic E-state index is -0.200. The normalized spacial score (nSPS) is 27.5. The summed E-state index contributed by atoms with van der Waals surface area (Å²) in [5.74, 6) is 0.996. The van der Waals surface area contributed by atoms with E-state index < -0.39 is 0 Å². The van der Waals surface area contributed by atoms with Gasteiger partial charge in [0.05, 0.1) is 5.60 Å². The van der Waals surface area contributed by atoms with E-state index >= 15 is 0 Å². The molecule has 0 saturated heterocycles. The van der Waals surface area contributed by atoms with Crippen LogP contribution in [0.3, 0.4) is 0 Å². The van der Waals surface area contributed by atoms with Gasteiger partial charge in [-0.15, -0.1) is 0 Å². The molecule has 0 atom stereocenters. The first-order valence-corrected chi connectivity index (χ1v) is 6.01. The van der Waals surface area contributed by atoms with E-state index in [1.807, 2.05) is 0 Å². The zero-order valence-corrected chi connectivity index (χ0v) is 8.60. The van der Waals surface area contributed by atoms with Gasteiger partial charge in [-0.3, -0.25) is 0 Å². The maximum atomic E-state index is 9.66. The fourth-order valence-electron chi connectivity index (χ4n) is 2.59. The predicted octanol–water partition coefficient (Wildman–Crippen LogP) is 3.26. The molecule has 0 radical (unpaired) electrons. The smallest absolute Gasteiger partial charge is 0.0650 e. The van der Waals surface area contributed by atoms with E-state index in [0.717, 1.165) is 25.2 Å². The van der Waals surface area contributed by atoms with Crippen molar-refractivity contribution in [1.82, 2.24) is 0 Å². The Morgan fingerprint density at radius 1 is 1.08 bits per heavy atom. The summed E-state index contributed by atoms with van der Waals surface area (Å²) in [5.41, 5.74) is -0.200. The Labute approximate surface area is 81.5 Å². The van der Waals surface area contributed by atoms with Crippen LogP contribution in [0.25, 0.3) is 0 Å². The predicted molar refractivity (Wildman–Crippen MR) is 54.6 cm³/mol. The van der Waals surface area contributed by atoms with Crippen molar-refractivity contribution in [2.75, 3.05) is 0 Å². The highest BCUT2D eigenvalue weighted by molar-refractivity contribution is 4.92. The molecule has 2 rings (SSSR count). The maximum Gasteiger partial charge on any atom is 0.0650 e. The van der Waals surface area contributed by atoms with Crippen LogP contribution in [-0.2, 0) is 0 Å². The van der Waals surface area contributed by atoms with Gasteiger partial charge in [-0.25, -0.2) is 0 Å². The molecule has 0 heterocycles.